The smallest absolute Gasteiger partial charge is 0.155 e. The number of nitrogens with zero attached hydrogens (tertiary/aromatic N) is 1. The predicted octanol–water partition coefficient (Wildman–Crippen LogP) is 2.08. The van der Waals surface area contributed by atoms with Gasteiger partial charge in [-0.1, -0.05) is 30.3 Å². The van der Waals surface area contributed by atoms with Crippen LogP contribution >= 0.6 is 0 Å². The van der Waals surface area contributed by atoms with Crippen molar-refractivity contribution >= 4 is 0 Å². The van der Waals surface area contributed by atoms with Gasteiger partial charge in [-0.2, -0.15) is 0 Å². The molecule has 18 heavy (non-hydrogen) atoms. The molecule has 1 aromatic rings. The second-order valence-corrected chi connectivity index (χ2v) is 4.04. The van der Waals surface area contributed by atoms with E-state index in [1.54, 1.807) is 0 Å². The third kappa shape index (κ3) is 6.98. The van der Waals surface area contributed by atoms with Crippen LogP contribution < -0.4 is 0 Å². The van der Waals surface area contributed by atoms with Gasteiger partial charge in [-0.25, -0.2) is 0 Å². The van der Waals surface area contributed by atoms with E-state index in [4.69, 9.17) is 4.74 Å². The van der Waals surface area contributed by atoms with E-state index < -0.39 is 6.10 Å². The molecule has 5 nitrogen and oxygen atoms in total. The highest BCUT2D eigenvalue weighted by molar-refractivity contribution is 5.14. The maximum Gasteiger partial charge on any atom is 0.155 e. The van der Waals surface area contributed by atoms with E-state index in [1.165, 1.54) is 5.56 Å². The van der Waals surface area contributed by atoms with Gasteiger partial charge in [0.15, 0.2) is 5.34 Å². The van der Waals surface area contributed by atoms with Crippen LogP contribution in [0.25, 0.3) is 0 Å². The molecule has 1 atom stereocenters. The van der Waals surface area contributed by atoms with Crippen LogP contribution in [0.3, 0.4) is 0 Å². The molecule has 1 rings (SSSR count). The van der Waals surface area contributed by atoms with Gasteiger partial charge in [0.2, 0.25) is 0 Å². The van der Waals surface area contributed by atoms with Crippen LogP contribution in [0, 0.1) is 4.91 Å². The molecule has 0 fully saturated rings. The van der Waals surface area contributed by atoms with Crippen LogP contribution in [0.4, 0.5) is 0 Å². The lowest BCUT2D eigenvalue weighted by Crippen LogP contribution is -2.20. The van der Waals surface area contributed by atoms with Crippen molar-refractivity contribution in [2.45, 2.75) is 25.4 Å². The van der Waals surface area contributed by atoms with Crippen molar-refractivity contribution in [1.29, 1.82) is 0 Å². The number of benzene rings is 1. The maximum atomic E-state index is 9.64. The molecule has 0 heterocycles. The van der Waals surface area contributed by atoms with Crippen molar-refractivity contribution in [2.24, 2.45) is 5.34 Å². The third-order valence-electron chi connectivity index (χ3n) is 2.48. The van der Waals surface area contributed by atoms with E-state index in [9.17, 15) is 10.0 Å². The van der Waals surface area contributed by atoms with Crippen molar-refractivity contribution in [2.75, 3.05) is 19.8 Å². The molecule has 0 radical (unpaired) electrons. The highest BCUT2D eigenvalue weighted by Crippen LogP contribution is 2.04. The van der Waals surface area contributed by atoms with Gasteiger partial charge < -0.3 is 14.7 Å². The Bertz CT molecular complexity index is 318. The Morgan fingerprint density at radius 1 is 1.17 bits per heavy atom. The minimum absolute atomic E-state index is 0.118. The van der Waals surface area contributed by atoms with Crippen molar-refractivity contribution in [3.05, 3.63) is 40.8 Å². The molecule has 0 amide bonds. The molecule has 1 unspecified atom stereocenters. The SMILES string of the molecule is O=NOCC(O)COCCCCc1ccccc1. The van der Waals surface area contributed by atoms with Gasteiger partial charge in [0.05, 0.1) is 6.61 Å². The van der Waals surface area contributed by atoms with Gasteiger partial charge in [-0.05, 0) is 24.8 Å². The van der Waals surface area contributed by atoms with E-state index in [-0.39, 0.29) is 13.2 Å². The molecule has 0 aliphatic rings. The number of rotatable bonds is 10. The minimum Gasteiger partial charge on any atom is -0.387 e. The van der Waals surface area contributed by atoms with Gasteiger partial charge in [0, 0.05) is 6.61 Å². The number of hydrogen-bond donors (Lipinski definition) is 1. The first-order valence-corrected chi connectivity index (χ1v) is 6.07. The number of hydrogen-bond acceptors (Lipinski definition) is 5. The molecule has 100 valence electrons. The standard InChI is InChI=1S/C13H19NO4/c15-13(11-18-14-16)10-17-9-5-4-8-12-6-2-1-3-7-12/h1-3,6-7,13,15H,4-5,8-11H2. The minimum atomic E-state index is -0.795. The van der Waals surface area contributed by atoms with Crippen LogP contribution in [0.15, 0.2) is 35.7 Å². The van der Waals surface area contributed by atoms with E-state index in [1.807, 2.05) is 18.2 Å². The molecular weight excluding hydrogens is 234 g/mol. The Kier molecular flexibility index (Phi) is 7.75. The van der Waals surface area contributed by atoms with Crippen molar-refractivity contribution < 1.29 is 14.7 Å². The van der Waals surface area contributed by atoms with Crippen LogP contribution in [-0.4, -0.2) is 31.0 Å². The van der Waals surface area contributed by atoms with E-state index in [0.717, 1.165) is 19.3 Å². The largest absolute Gasteiger partial charge is 0.387 e. The Balaban J connectivity index is 1.94. The molecular formula is C13H19NO4. The van der Waals surface area contributed by atoms with Crippen LogP contribution in [0.1, 0.15) is 18.4 Å². The lowest BCUT2D eigenvalue weighted by molar-refractivity contribution is -0.0193. The van der Waals surface area contributed by atoms with Gasteiger partial charge in [0.25, 0.3) is 0 Å². The average molecular weight is 253 g/mol. The Labute approximate surface area is 107 Å². The lowest BCUT2D eigenvalue weighted by Gasteiger charge is -2.08. The molecule has 0 saturated heterocycles. The fraction of sp³-hybridized carbons (Fsp3) is 0.538. The van der Waals surface area contributed by atoms with Gasteiger partial charge in [-0.3, -0.25) is 0 Å². The topological polar surface area (TPSA) is 68.1 Å². The summed E-state index contributed by atoms with van der Waals surface area (Å²) in [5.74, 6) is 0. The van der Waals surface area contributed by atoms with Crippen LogP contribution in [0.2, 0.25) is 0 Å². The quantitative estimate of drug-likeness (QED) is 0.394. The molecule has 0 aliphatic heterocycles. The average Bonchev–Trinajstić information content (AvgIpc) is 2.41. The summed E-state index contributed by atoms with van der Waals surface area (Å²) < 4.78 is 5.26. The van der Waals surface area contributed by atoms with Crippen molar-refractivity contribution in [3.8, 4) is 0 Å². The first-order chi connectivity index (χ1) is 8.83. The van der Waals surface area contributed by atoms with E-state index in [2.05, 4.69) is 22.3 Å². The summed E-state index contributed by atoms with van der Waals surface area (Å²) in [4.78, 5) is 13.8. The summed E-state index contributed by atoms with van der Waals surface area (Å²) in [6.45, 7) is 0.646. The predicted molar refractivity (Wildman–Crippen MR) is 68.0 cm³/mol. The summed E-state index contributed by atoms with van der Waals surface area (Å²) >= 11 is 0. The van der Waals surface area contributed by atoms with Crippen molar-refractivity contribution in [1.82, 2.24) is 0 Å². The number of aliphatic hydroxyl groups excluding tert-OH is 1. The van der Waals surface area contributed by atoms with E-state index >= 15 is 0 Å². The molecule has 0 saturated carbocycles. The highest BCUT2D eigenvalue weighted by Gasteiger charge is 2.04. The number of ether oxygens (including phenoxy) is 1. The first kappa shape index (κ1) is 14.6. The fourth-order valence-electron chi connectivity index (χ4n) is 1.56. The Morgan fingerprint density at radius 2 is 1.94 bits per heavy atom. The molecule has 0 bridgehead atoms. The normalized spacial score (nSPS) is 12.1. The maximum absolute atomic E-state index is 9.64. The molecule has 1 N–H and O–H groups in total. The molecule has 0 aromatic heterocycles. The van der Waals surface area contributed by atoms with Crippen molar-refractivity contribution in [3.63, 3.8) is 0 Å². The Morgan fingerprint density at radius 3 is 2.67 bits per heavy atom. The number of unbranched alkanes of at least 4 members (excludes halogenated alkanes) is 1. The molecule has 1 aromatic carbocycles. The summed E-state index contributed by atoms with van der Waals surface area (Å²) in [7, 11) is 0. The fourth-order valence-corrected chi connectivity index (χ4v) is 1.56. The first-order valence-electron chi connectivity index (χ1n) is 6.07. The summed E-state index contributed by atoms with van der Waals surface area (Å²) in [5, 5.41) is 11.5. The van der Waals surface area contributed by atoms with E-state index in [0.29, 0.717) is 6.61 Å². The van der Waals surface area contributed by atoms with Crippen LogP contribution in [-0.2, 0) is 16.0 Å². The molecule has 0 aliphatic carbocycles. The molecule has 0 spiro atoms. The zero-order valence-corrected chi connectivity index (χ0v) is 10.3. The summed E-state index contributed by atoms with van der Waals surface area (Å²) in [5.41, 5.74) is 1.32. The van der Waals surface area contributed by atoms with Gasteiger partial charge in [-0.15, -0.1) is 4.91 Å². The Hall–Kier alpha value is -1.46. The van der Waals surface area contributed by atoms with Gasteiger partial charge >= 0.3 is 0 Å². The second kappa shape index (κ2) is 9.56. The van der Waals surface area contributed by atoms with Gasteiger partial charge in [0.1, 0.15) is 12.7 Å². The summed E-state index contributed by atoms with van der Waals surface area (Å²) in [6.07, 6.45) is 2.23. The third-order valence-corrected chi connectivity index (χ3v) is 2.48. The number of aryl methyl sites for hydroxylation is 1. The van der Waals surface area contributed by atoms with Crippen LogP contribution in [0.5, 0.6) is 0 Å². The number of aliphatic hydroxyl groups is 1. The summed E-state index contributed by atoms with van der Waals surface area (Å²) in [6, 6.07) is 10.3. The second-order valence-electron chi connectivity index (χ2n) is 4.04. The molecule has 5 heteroatoms. The highest BCUT2D eigenvalue weighted by atomic mass is 16.7. The monoisotopic (exact) mass is 253 g/mol. The lowest BCUT2D eigenvalue weighted by atomic mass is 10.1. The zero-order chi connectivity index (χ0) is 13.1. The zero-order valence-electron chi connectivity index (χ0n) is 10.3.